The van der Waals surface area contributed by atoms with Gasteiger partial charge in [0, 0.05) is 12.1 Å². The third-order valence-corrected chi connectivity index (χ3v) is 4.36. The van der Waals surface area contributed by atoms with Gasteiger partial charge in [0.25, 0.3) is 0 Å². The fraction of sp³-hybridized carbons (Fsp3) is 0.929. The second-order valence-corrected chi connectivity index (χ2v) is 5.65. The Hall–Kier alpha value is -0.610. The average Bonchev–Trinajstić information content (AvgIpc) is 3.00. The number of nitrogens with one attached hydrogen (secondary N) is 2. The third-order valence-electron chi connectivity index (χ3n) is 4.36. The molecule has 3 atom stereocenters. The van der Waals surface area contributed by atoms with E-state index >= 15 is 0 Å². The van der Waals surface area contributed by atoms with Crippen molar-refractivity contribution in [3.63, 3.8) is 0 Å². The van der Waals surface area contributed by atoms with E-state index in [1.165, 1.54) is 25.7 Å². The van der Waals surface area contributed by atoms with Crippen molar-refractivity contribution in [1.29, 1.82) is 0 Å². The summed E-state index contributed by atoms with van der Waals surface area (Å²) in [5, 5.41) is 6.53. The predicted octanol–water partition coefficient (Wildman–Crippen LogP) is 1.31. The second kappa shape index (κ2) is 6.53. The summed E-state index contributed by atoms with van der Waals surface area (Å²) in [6, 6.07) is 0.494. The predicted molar refractivity (Wildman–Crippen MR) is 71.3 cm³/mol. The van der Waals surface area contributed by atoms with Gasteiger partial charge in [-0.15, -0.1) is 0 Å². The first-order chi connectivity index (χ1) is 8.72. The van der Waals surface area contributed by atoms with Crippen LogP contribution in [0.2, 0.25) is 0 Å². The molecule has 1 aliphatic heterocycles. The number of amides is 1. The molecule has 0 aromatic rings. The number of likely N-dealkylation sites (N-methyl/N-ethyl adjacent to an activating group) is 1. The quantitative estimate of drug-likeness (QED) is 0.777. The van der Waals surface area contributed by atoms with Gasteiger partial charge in [0.1, 0.15) is 0 Å². The van der Waals surface area contributed by atoms with E-state index < -0.39 is 0 Å². The molecule has 1 amide bonds. The van der Waals surface area contributed by atoms with Crippen molar-refractivity contribution in [2.75, 3.05) is 19.8 Å². The van der Waals surface area contributed by atoms with Crippen LogP contribution < -0.4 is 10.6 Å². The molecule has 0 spiro atoms. The highest BCUT2D eigenvalue weighted by Crippen LogP contribution is 2.27. The highest BCUT2D eigenvalue weighted by Gasteiger charge is 2.34. The van der Waals surface area contributed by atoms with E-state index in [1.807, 2.05) is 0 Å². The SMILES string of the molecule is CCNC1COCC1C(=O)N[C@@H](C)C1CCCC1. The summed E-state index contributed by atoms with van der Waals surface area (Å²) in [7, 11) is 0. The van der Waals surface area contributed by atoms with Crippen LogP contribution in [0.5, 0.6) is 0 Å². The lowest BCUT2D eigenvalue weighted by Gasteiger charge is -2.24. The molecule has 18 heavy (non-hydrogen) atoms. The Bertz CT molecular complexity index is 277. The monoisotopic (exact) mass is 254 g/mol. The maximum absolute atomic E-state index is 12.3. The van der Waals surface area contributed by atoms with Gasteiger partial charge < -0.3 is 15.4 Å². The number of rotatable bonds is 5. The molecule has 1 saturated heterocycles. The van der Waals surface area contributed by atoms with Crippen LogP contribution in [0.25, 0.3) is 0 Å². The lowest BCUT2D eigenvalue weighted by atomic mass is 9.97. The Morgan fingerprint density at radius 3 is 2.72 bits per heavy atom. The summed E-state index contributed by atoms with van der Waals surface area (Å²) in [6.45, 7) is 6.31. The summed E-state index contributed by atoms with van der Waals surface area (Å²) in [5.74, 6) is 0.820. The number of ether oxygens (including phenoxy) is 1. The van der Waals surface area contributed by atoms with Crippen molar-refractivity contribution in [1.82, 2.24) is 10.6 Å². The van der Waals surface area contributed by atoms with Gasteiger partial charge in [0.15, 0.2) is 0 Å². The molecule has 4 heteroatoms. The maximum atomic E-state index is 12.3. The molecule has 2 aliphatic rings. The minimum atomic E-state index is -0.0196. The first-order valence-corrected chi connectivity index (χ1v) is 7.34. The van der Waals surface area contributed by atoms with Crippen molar-refractivity contribution in [2.24, 2.45) is 11.8 Å². The summed E-state index contributed by atoms with van der Waals surface area (Å²) in [4.78, 5) is 12.3. The third kappa shape index (κ3) is 3.23. The number of carbonyl (C=O) groups excluding carboxylic acids is 1. The Morgan fingerprint density at radius 2 is 2.06 bits per heavy atom. The van der Waals surface area contributed by atoms with Crippen molar-refractivity contribution in [3.05, 3.63) is 0 Å². The molecule has 2 rings (SSSR count). The van der Waals surface area contributed by atoms with Crippen LogP contribution in [0.4, 0.5) is 0 Å². The molecule has 4 nitrogen and oxygen atoms in total. The molecule has 0 aromatic carbocycles. The van der Waals surface area contributed by atoms with Gasteiger partial charge in [-0.2, -0.15) is 0 Å². The van der Waals surface area contributed by atoms with Gasteiger partial charge in [-0.1, -0.05) is 19.8 Å². The molecule has 2 fully saturated rings. The molecule has 0 bridgehead atoms. The maximum Gasteiger partial charge on any atom is 0.227 e. The van der Waals surface area contributed by atoms with Crippen molar-refractivity contribution in [2.45, 2.75) is 51.6 Å². The van der Waals surface area contributed by atoms with E-state index in [-0.39, 0.29) is 17.9 Å². The lowest BCUT2D eigenvalue weighted by molar-refractivity contribution is -0.126. The van der Waals surface area contributed by atoms with Crippen LogP contribution in [0.15, 0.2) is 0 Å². The van der Waals surface area contributed by atoms with Gasteiger partial charge in [-0.3, -0.25) is 4.79 Å². The van der Waals surface area contributed by atoms with Gasteiger partial charge in [0.05, 0.1) is 19.1 Å². The highest BCUT2D eigenvalue weighted by atomic mass is 16.5. The average molecular weight is 254 g/mol. The zero-order valence-electron chi connectivity index (χ0n) is 11.6. The molecule has 0 aromatic heterocycles. The molecular formula is C14H26N2O2. The van der Waals surface area contributed by atoms with Gasteiger partial charge >= 0.3 is 0 Å². The van der Waals surface area contributed by atoms with Gasteiger partial charge in [-0.05, 0) is 32.2 Å². The molecule has 1 heterocycles. The Morgan fingerprint density at radius 1 is 1.33 bits per heavy atom. The topological polar surface area (TPSA) is 50.4 Å². The molecule has 1 aliphatic carbocycles. The standard InChI is InChI=1S/C14H26N2O2/c1-3-15-13-9-18-8-12(13)14(17)16-10(2)11-6-4-5-7-11/h10-13,15H,3-9H2,1-2H3,(H,16,17)/t10-,12?,13?/m0/s1. The molecular weight excluding hydrogens is 228 g/mol. The lowest BCUT2D eigenvalue weighted by Crippen LogP contribution is -2.47. The largest absolute Gasteiger partial charge is 0.379 e. The van der Waals surface area contributed by atoms with E-state index in [4.69, 9.17) is 4.74 Å². The zero-order valence-corrected chi connectivity index (χ0v) is 11.6. The first kappa shape index (κ1) is 13.8. The minimum absolute atomic E-state index is 0.0196. The summed E-state index contributed by atoms with van der Waals surface area (Å²) in [5.41, 5.74) is 0. The van der Waals surface area contributed by atoms with E-state index in [0.717, 1.165) is 6.54 Å². The molecule has 2 N–H and O–H groups in total. The van der Waals surface area contributed by atoms with Crippen LogP contribution in [-0.2, 0) is 9.53 Å². The number of hydrogen-bond donors (Lipinski definition) is 2. The van der Waals surface area contributed by atoms with Crippen molar-refractivity contribution in [3.8, 4) is 0 Å². The molecule has 104 valence electrons. The number of carbonyl (C=O) groups is 1. The normalized spacial score (nSPS) is 30.6. The van der Waals surface area contributed by atoms with E-state index in [9.17, 15) is 4.79 Å². The summed E-state index contributed by atoms with van der Waals surface area (Å²) in [6.07, 6.45) is 5.16. The summed E-state index contributed by atoms with van der Waals surface area (Å²) >= 11 is 0. The molecule has 1 saturated carbocycles. The van der Waals surface area contributed by atoms with Gasteiger partial charge in [0.2, 0.25) is 5.91 Å². The van der Waals surface area contributed by atoms with Crippen LogP contribution in [0, 0.1) is 11.8 Å². The fourth-order valence-electron chi connectivity index (χ4n) is 3.18. The fourth-order valence-corrected chi connectivity index (χ4v) is 3.18. The Kier molecular flexibility index (Phi) is 5.01. The smallest absolute Gasteiger partial charge is 0.227 e. The van der Waals surface area contributed by atoms with E-state index in [1.54, 1.807) is 0 Å². The van der Waals surface area contributed by atoms with Crippen LogP contribution in [0.3, 0.4) is 0 Å². The van der Waals surface area contributed by atoms with Crippen LogP contribution in [-0.4, -0.2) is 37.7 Å². The Labute approximate surface area is 110 Å². The minimum Gasteiger partial charge on any atom is -0.379 e. The number of hydrogen-bond acceptors (Lipinski definition) is 3. The molecule has 0 radical (unpaired) electrons. The van der Waals surface area contributed by atoms with Crippen LogP contribution in [0.1, 0.15) is 39.5 Å². The summed E-state index contributed by atoms with van der Waals surface area (Å²) < 4.78 is 5.43. The zero-order chi connectivity index (χ0) is 13.0. The first-order valence-electron chi connectivity index (χ1n) is 7.34. The van der Waals surface area contributed by atoms with E-state index in [0.29, 0.717) is 25.2 Å². The molecule has 2 unspecified atom stereocenters. The van der Waals surface area contributed by atoms with Gasteiger partial charge in [-0.25, -0.2) is 0 Å². The highest BCUT2D eigenvalue weighted by molar-refractivity contribution is 5.80. The Balaban J connectivity index is 1.82. The van der Waals surface area contributed by atoms with Crippen molar-refractivity contribution >= 4 is 5.91 Å². The van der Waals surface area contributed by atoms with Crippen LogP contribution >= 0.6 is 0 Å². The van der Waals surface area contributed by atoms with Crippen molar-refractivity contribution < 1.29 is 9.53 Å². The van der Waals surface area contributed by atoms with E-state index in [2.05, 4.69) is 24.5 Å². The second-order valence-electron chi connectivity index (χ2n) is 5.65.